The van der Waals surface area contributed by atoms with Crippen LogP contribution in [0.15, 0.2) is 11.0 Å². The van der Waals surface area contributed by atoms with E-state index in [0.29, 0.717) is 0 Å². The Kier molecular flexibility index (Phi) is 8.90. The molecule has 0 saturated carbocycles. The first-order valence-corrected chi connectivity index (χ1v) is 9.33. The Morgan fingerprint density at radius 1 is 1.07 bits per heavy atom. The van der Waals surface area contributed by atoms with Crippen molar-refractivity contribution < 1.29 is 24.0 Å². The van der Waals surface area contributed by atoms with E-state index in [1.165, 1.54) is 12.8 Å². The molecular formula is C11H24O2Ti. The normalized spacial score (nSPS) is 11.6. The molecular weight excluding hydrogens is 212 g/mol. The van der Waals surface area contributed by atoms with Crippen molar-refractivity contribution in [2.75, 3.05) is 13.2 Å². The van der Waals surface area contributed by atoms with E-state index in [9.17, 15) is 0 Å². The number of hydrogen-bond acceptors (Lipinski definition) is 2. The Hall–Kier alpha value is 0.374. The summed E-state index contributed by atoms with van der Waals surface area (Å²) in [7, 11) is 0. The molecule has 0 radical (unpaired) electrons. The Labute approximate surface area is 93.0 Å². The zero-order valence-corrected chi connectivity index (χ0v) is 11.4. The molecule has 0 amide bonds. The quantitative estimate of drug-likeness (QED) is 0.448. The van der Waals surface area contributed by atoms with Crippen LogP contribution >= 0.6 is 0 Å². The van der Waals surface area contributed by atoms with Crippen LogP contribution in [0.1, 0.15) is 39.5 Å². The van der Waals surface area contributed by atoms with E-state index >= 15 is 0 Å². The first-order chi connectivity index (χ1) is 6.68. The van der Waals surface area contributed by atoms with Crippen LogP contribution in [0.4, 0.5) is 0 Å². The summed E-state index contributed by atoms with van der Waals surface area (Å²) in [6, 6.07) is 0. The van der Waals surface area contributed by atoms with Crippen LogP contribution in [0, 0.1) is 0 Å². The van der Waals surface area contributed by atoms with Crippen molar-refractivity contribution in [1.82, 2.24) is 0 Å². The van der Waals surface area contributed by atoms with Crippen molar-refractivity contribution >= 4 is 0 Å². The fourth-order valence-corrected chi connectivity index (χ4v) is 3.21. The van der Waals surface area contributed by atoms with Crippen molar-refractivity contribution in [2.45, 2.75) is 44.8 Å². The Morgan fingerprint density at radius 3 is 1.79 bits per heavy atom. The van der Waals surface area contributed by atoms with Gasteiger partial charge in [0.2, 0.25) is 0 Å². The van der Waals surface area contributed by atoms with Crippen molar-refractivity contribution in [2.24, 2.45) is 0 Å². The molecule has 84 valence electrons. The van der Waals surface area contributed by atoms with E-state index < -0.39 is 17.4 Å². The van der Waals surface area contributed by atoms with E-state index in [4.69, 9.17) is 6.64 Å². The van der Waals surface area contributed by atoms with Gasteiger partial charge in [0.1, 0.15) is 0 Å². The van der Waals surface area contributed by atoms with Crippen LogP contribution in [0.25, 0.3) is 0 Å². The van der Waals surface area contributed by atoms with Crippen LogP contribution in [0.2, 0.25) is 5.23 Å². The minimum atomic E-state index is -2.54. The van der Waals surface area contributed by atoms with E-state index in [-0.39, 0.29) is 0 Å². The molecule has 0 aliphatic heterocycles. The second kappa shape index (κ2) is 8.66. The molecule has 0 spiro atoms. The molecule has 2 nitrogen and oxygen atoms in total. The first-order valence-electron chi connectivity index (χ1n) is 5.60. The molecule has 0 unspecified atom stereocenters. The summed E-state index contributed by atoms with van der Waals surface area (Å²) in [5.74, 6) is 0. The van der Waals surface area contributed by atoms with E-state index in [0.717, 1.165) is 26.1 Å². The van der Waals surface area contributed by atoms with Crippen LogP contribution in [0.5, 0.6) is 0 Å². The summed E-state index contributed by atoms with van der Waals surface area (Å²) in [5.41, 5.74) is 0. The topological polar surface area (TPSA) is 18.5 Å². The van der Waals surface area contributed by atoms with E-state index in [1.807, 2.05) is 4.38 Å². The zero-order chi connectivity index (χ0) is 10.9. The van der Waals surface area contributed by atoms with Gasteiger partial charge in [-0.25, -0.2) is 0 Å². The molecule has 0 aliphatic carbocycles. The third-order valence-electron chi connectivity index (χ3n) is 2.14. The van der Waals surface area contributed by atoms with Gasteiger partial charge in [0.05, 0.1) is 0 Å². The monoisotopic (exact) mass is 236 g/mol. The molecule has 0 fully saturated rings. The Morgan fingerprint density at radius 2 is 1.50 bits per heavy atom. The van der Waals surface area contributed by atoms with Crippen molar-refractivity contribution in [3.63, 3.8) is 0 Å². The SMILES string of the molecule is C=[CH][Ti]([CH3])([O]CCCC)[O]CCCC. The summed E-state index contributed by atoms with van der Waals surface area (Å²) < 4.78 is 13.5. The summed E-state index contributed by atoms with van der Waals surface area (Å²) in [6.45, 7) is 9.81. The van der Waals surface area contributed by atoms with Gasteiger partial charge in [-0.15, -0.1) is 0 Å². The molecule has 0 aromatic rings. The number of unbranched alkanes of at least 4 members (excludes halogenated alkanes) is 2. The molecule has 0 bridgehead atoms. The predicted octanol–water partition coefficient (Wildman–Crippen LogP) is 3.80. The average Bonchev–Trinajstić information content (AvgIpc) is 2.19. The van der Waals surface area contributed by atoms with Gasteiger partial charge in [0, 0.05) is 0 Å². The predicted molar refractivity (Wildman–Crippen MR) is 57.8 cm³/mol. The van der Waals surface area contributed by atoms with Gasteiger partial charge in [-0.1, -0.05) is 0 Å². The molecule has 0 saturated heterocycles. The van der Waals surface area contributed by atoms with Gasteiger partial charge in [0.25, 0.3) is 0 Å². The summed E-state index contributed by atoms with van der Waals surface area (Å²) in [4.78, 5) is 0. The summed E-state index contributed by atoms with van der Waals surface area (Å²) in [5, 5.41) is 2.11. The van der Waals surface area contributed by atoms with Gasteiger partial charge < -0.3 is 0 Å². The van der Waals surface area contributed by atoms with Gasteiger partial charge in [0.15, 0.2) is 0 Å². The summed E-state index contributed by atoms with van der Waals surface area (Å²) >= 11 is -2.54. The maximum atomic E-state index is 5.81. The second-order valence-electron chi connectivity index (χ2n) is 3.62. The molecule has 0 N–H and O–H groups in total. The molecule has 0 rings (SSSR count). The zero-order valence-electron chi connectivity index (χ0n) is 9.84. The number of hydrogen-bond donors (Lipinski definition) is 0. The molecule has 0 heterocycles. The third kappa shape index (κ3) is 6.77. The third-order valence-corrected chi connectivity index (χ3v) is 5.73. The van der Waals surface area contributed by atoms with Crippen LogP contribution in [-0.2, 0) is 24.0 Å². The Bertz CT molecular complexity index is 138. The molecule has 0 aromatic carbocycles. The van der Waals surface area contributed by atoms with E-state index in [2.05, 4.69) is 25.7 Å². The molecule has 0 aromatic heterocycles. The van der Waals surface area contributed by atoms with Crippen LogP contribution < -0.4 is 0 Å². The van der Waals surface area contributed by atoms with E-state index in [1.54, 1.807) is 0 Å². The van der Waals surface area contributed by atoms with Crippen LogP contribution in [0.3, 0.4) is 0 Å². The van der Waals surface area contributed by atoms with Crippen molar-refractivity contribution in [3.8, 4) is 0 Å². The van der Waals surface area contributed by atoms with Gasteiger partial charge in [-0.2, -0.15) is 0 Å². The second-order valence-corrected chi connectivity index (χ2v) is 8.34. The standard InChI is InChI=1S/2C4H9O.C2H3.CH3.Ti/c2*1-2-3-4-5;1-2;;/h2*2-4H2,1H3;1H,2H2;1H3;/q2*-1;;;+2. The summed E-state index contributed by atoms with van der Waals surface area (Å²) in [6.07, 6.45) is 4.58. The van der Waals surface area contributed by atoms with Crippen molar-refractivity contribution in [3.05, 3.63) is 11.0 Å². The maximum absolute atomic E-state index is 5.81. The molecule has 0 aliphatic rings. The molecule has 14 heavy (non-hydrogen) atoms. The fraction of sp³-hybridized carbons (Fsp3) is 0.818. The van der Waals surface area contributed by atoms with Crippen molar-refractivity contribution in [1.29, 1.82) is 0 Å². The first kappa shape index (κ1) is 14.4. The minimum absolute atomic E-state index is 0.825. The molecule has 0 atom stereocenters. The average molecular weight is 236 g/mol. The fourth-order valence-electron chi connectivity index (χ4n) is 0.998. The van der Waals surface area contributed by atoms with Gasteiger partial charge >= 0.3 is 92.9 Å². The Balaban J connectivity index is 3.73. The van der Waals surface area contributed by atoms with Gasteiger partial charge in [-0.3, -0.25) is 0 Å². The number of rotatable bonds is 9. The van der Waals surface area contributed by atoms with Crippen LogP contribution in [-0.4, -0.2) is 13.2 Å². The van der Waals surface area contributed by atoms with Gasteiger partial charge in [-0.05, 0) is 0 Å². The molecule has 3 heteroatoms.